The summed E-state index contributed by atoms with van der Waals surface area (Å²) < 4.78 is 24.5. The molecule has 2 N–H and O–H groups in total. The van der Waals surface area contributed by atoms with Gasteiger partial charge in [-0.05, 0) is 32.0 Å². The van der Waals surface area contributed by atoms with Crippen molar-refractivity contribution in [3.8, 4) is 5.75 Å². The quantitative estimate of drug-likeness (QED) is 0.807. The number of rotatable bonds is 7. The molecule has 5 nitrogen and oxygen atoms in total. The van der Waals surface area contributed by atoms with Crippen LogP contribution in [0, 0.1) is 5.82 Å². The van der Waals surface area contributed by atoms with Gasteiger partial charge in [-0.25, -0.2) is 4.39 Å². The molecule has 1 unspecified atom stereocenters. The van der Waals surface area contributed by atoms with E-state index in [4.69, 9.17) is 9.47 Å². The van der Waals surface area contributed by atoms with Gasteiger partial charge in [0.05, 0.1) is 11.8 Å². The Morgan fingerprint density at radius 2 is 2.38 bits per heavy atom. The van der Waals surface area contributed by atoms with Crippen molar-refractivity contribution < 1.29 is 18.7 Å². The van der Waals surface area contributed by atoms with E-state index in [-0.39, 0.29) is 12.0 Å². The van der Waals surface area contributed by atoms with Crippen LogP contribution in [0.15, 0.2) is 18.2 Å². The van der Waals surface area contributed by atoms with E-state index in [1.807, 2.05) is 0 Å². The van der Waals surface area contributed by atoms with E-state index in [1.54, 1.807) is 7.05 Å². The summed E-state index contributed by atoms with van der Waals surface area (Å²) in [7, 11) is 1.77. The summed E-state index contributed by atoms with van der Waals surface area (Å²) in [6.45, 7) is 1.73. The maximum atomic E-state index is 13.3. The summed E-state index contributed by atoms with van der Waals surface area (Å²) in [6, 6.07) is 4.11. The number of hydrogen-bond donors (Lipinski definition) is 2. The van der Waals surface area contributed by atoms with Crippen LogP contribution in [-0.4, -0.2) is 38.8 Å². The molecule has 0 bridgehead atoms. The Balaban J connectivity index is 1.97. The number of carbonyl (C=O) groups excluding carboxylic acids is 1. The molecule has 1 aliphatic heterocycles. The SMILES string of the molecule is CNCCC(=O)Nc1cc(F)ccc1OCC1CCCO1. The first kappa shape index (κ1) is 15.7. The van der Waals surface area contributed by atoms with Crippen LogP contribution in [0.2, 0.25) is 0 Å². The molecule has 1 saturated heterocycles. The van der Waals surface area contributed by atoms with Crippen molar-refractivity contribution in [3.05, 3.63) is 24.0 Å². The molecule has 1 fully saturated rings. The average Bonchev–Trinajstić information content (AvgIpc) is 2.97. The van der Waals surface area contributed by atoms with Crippen LogP contribution < -0.4 is 15.4 Å². The first-order valence-corrected chi connectivity index (χ1v) is 7.17. The van der Waals surface area contributed by atoms with Crippen LogP contribution in [-0.2, 0) is 9.53 Å². The molecule has 6 heteroatoms. The minimum Gasteiger partial charge on any atom is -0.489 e. The summed E-state index contributed by atoms with van der Waals surface area (Å²) >= 11 is 0. The zero-order valence-electron chi connectivity index (χ0n) is 12.2. The highest BCUT2D eigenvalue weighted by atomic mass is 19.1. The molecule has 21 heavy (non-hydrogen) atoms. The van der Waals surface area contributed by atoms with Crippen LogP contribution in [0.1, 0.15) is 19.3 Å². The number of amides is 1. The maximum Gasteiger partial charge on any atom is 0.225 e. The standard InChI is InChI=1S/C15H21FN2O3/c1-17-7-6-15(19)18-13-9-11(16)4-5-14(13)21-10-12-3-2-8-20-12/h4-5,9,12,17H,2-3,6-8,10H2,1H3,(H,18,19). The van der Waals surface area contributed by atoms with Crippen molar-refractivity contribution in [2.75, 3.05) is 32.1 Å². The van der Waals surface area contributed by atoms with Crippen LogP contribution in [0.4, 0.5) is 10.1 Å². The molecule has 1 aliphatic rings. The van der Waals surface area contributed by atoms with Gasteiger partial charge in [-0.1, -0.05) is 0 Å². The Morgan fingerprint density at radius 1 is 1.52 bits per heavy atom. The predicted octanol–water partition coefficient (Wildman–Crippen LogP) is 1.93. The Bertz CT molecular complexity index is 476. The maximum absolute atomic E-state index is 13.3. The van der Waals surface area contributed by atoms with Crippen LogP contribution in [0.3, 0.4) is 0 Å². The normalized spacial score (nSPS) is 17.7. The Kier molecular flexibility index (Phi) is 5.95. The van der Waals surface area contributed by atoms with Crippen molar-refractivity contribution in [1.82, 2.24) is 5.32 Å². The predicted molar refractivity (Wildman–Crippen MR) is 78.0 cm³/mol. The fraction of sp³-hybridized carbons (Fsp3) is 0.533. The summed E-state index contributed by atoms with van der Waals surface area (Å²) in [6.07, 6.45) is 2.39. The molecule has 116 valence electrons. The lowest BCUT2D eigenvalue weighted by atomic mass is 10.2. The van der Waals surface area contributed by atoms with E-state index >= 15 is 0 Å². The van der Waals surface area contributed by atoms with Crippen molar-refractivity contribution in [2.45, 2.75) is 25.4 Å². The molecule has 0 saturated carbocycles. The van der Waals surface area contributed by atoms with E-state index in [9.17, 15) is 9.18 Å². The monoisotopic (exact) mass is 296 g/mol. The number of halogens is 1. The van der Waals surface area contributed by atoms with E-state index < -0.39 is 5.82 Å². The third kappa shape index (κ3) is 4.99. The van der Waals surface area contributed by atoms with Gasteiger partial charge in [-0.2, -0.15) is 0 Å². The largest absolute Gasteiger partial charge is 0.489 e. The van der Waals surface area contributed by atoms with Crippen molar-refractivity contribution in [1.29, 1.82) is 0 Å². The lowest BCUT2D eigenvalue weighted by Crippen LogP contribution is -2.20. The summed E-state index contributed by atoms with van der Waals surface area (Å²) in [5.74, 6) is -0.134. The topological polar surface area (TPSA) is 59.6 Å². The molecule has 1 atom stereocenters. The molecule has 0 spiro atoms. The highest BCUT2D eigenvalue weighted by Crippen LogP contribution is 2.26. The summed E-state index contributed by atoms with van der Waals surface area (Å²) in [5.41, 5.74) is 0.356. The van der Waals surface area contributed by atoms with Crippen LogP contribution in [0.5, 0.6) is 5.75 Å². The number of benzene rings is 1. The molecular formula is C15H21FN2O3. The number of nitrogens with one attached hydrogen (secondary N) is 2. The summed E-state index contributed by atoms with van der Waals surface area (Å²) in [4.78, 5) is 11.7. The van der Waals surface area contributed by atoms with Gasteiger partial charge < -0.3 is 20.1 Å². The van der Waals surface area contributed by atoms with Crippen LogP contribution in [0.25, 0.3) is 0 Å². The second kappa shape index (κ2) is 7.95. The molecule has 1 heterocycles. The zero-order chi connectivity index (χ0) is 15.1. The van der Waals surface area contributed by atoms with Gasteiger partial charge in [0.25, 0.3) is 0 Å². The highest BCUT2D eigenvalue weighted by molar-refractivity contribution is 5.92. The zero-order valence-corrected chi connectivity index (χ0v) is 12.2. The van der Waals surface area contributed by atoms with Gasteiger partial charge in [0, 0.05) is 25.6 Å². The van der Waals surface area contributed by atoms with Gasteiger partial charge in [0.1, 0.15) is 18.2 Å². The Morgan fingerprint density at radius 3 is 3.10 bits per heavy atom. The molecule has 1 aromatic carbocycles. The Labute approximate surface area is 123 Å². The third-order valence-corrected chi connectivity index (χ3v) is 3.27. The van der Waals surface area contributed by atoms with Gasteiger partial charge in [-0.3, -0.25) is 4.79 Å². The fourth-order valence-electron chi connectivity index (χ4n) is 2.14. The van der Waals surface area contributed by atoms with E-state index in [1.165, 1.54) is 18.2 Å². The average molecular weight is 296 g/mol. The van der Waals surface area contributed by atoms with Gasteiger partial charge in [0.15, 0.2) is 0 Å². The summed E-state index contributed by atoms with van der Waals surface area (Å²) in [5, 5.41) is 5.57. The first-order chi connectivity index (χ1) is 10.2. The number of anilines is 1. The van der Waals surface area contributed by atoms with Crippen molar-refractivity contribution in [2.24, 2.45) is 0 Å². The number of ether oxygens (including phenoxy) is 2. The molecule has 2 rings (SSSR count). The van der Waals surface area contributed by atoms with Crippen molar-refractivity contribution >= 4 is 11.6 Å². The Hall–Kier alpha value is -1.66. The van der Waals surface area contributed by atoms with E-state index in [0.717, 1.165) is 19.4 Å². The second-order valence-electron chi connectivity index (χ2n) is 4.99. The van der Waals surface area contributed by atoms with Crippen molar-refractivity contribution in [3.63, 3.8) is 0 Å². The van der Waals surface area contributed by atoms with Crippen LogP contribution >= 0.6 is 0 Å². The fourth-order valence-corrected chi connectivity index (χ4v) is 2.14. The number of hydrogen-bond acceptors (Lipinski definition) is 4. The smallest absolute Gasteiger partial charge is 0.225 e. The lowest BCUT2D eigenvalue weighted by molar-refractivity contribution is -0.116. The lowest BCUT2D eigenvalue weighted by Gasteiger charge is -2.15. The van der Waals surface area contributed by atoms with Gasteiger partial charge in [-0.15, -0.1) is 0 Å². The highest BCUT2D eigenvalue weighted by Gasteiger charge is 2.17. The molecule has 0 aliphatic carbocycles. The molecular weight excluding hydrogens is 275 g/mol. The first-order valence-electron chi connectivity index (χ1n) is 7.17. The minimum atomic E-state index is -0.414. The molecule has 0 radical (unpaired) electrons. The molecule has 1 amide bonds. The van der Waals surface area contributed by atoms with Gasteiger partial charge >= 0.3 is 0 Å². The van der Waals surface area contributed by atoms with E-state index in [0.29, 0.717) is 31.0 Å². The van der Waals surface area contributed by atoms with Gasteiger partial charge in [0.2, 0.25) is 5.91 Å². The number of carbonyl (C=O) groups is 1. The second-order valence-corrected chi connectivity index (χ2v) is 4.99. The van der Waals surface area contributed by atoms with E-state index in [2.05, 4.69) is 10.6 Å². The minimum absolute atomic E-state index is 0.0721. The molecule has 1 aromatic rings. The third-order valence-electron chi connectivity index (χ3n) is 3.27. The molecule has 0 aromatic heterocycles.